The van der Waals surface area contributed by atoms with E-state index >= 15 is 0 Å². The number of nitrogens with one attached hydrogen (secondary N) is 1. The second kappa shape index (κ2) is 7.57. The maximum Gasteiger partial charge on any atom is 0.146 e. The van der Waals surface area contributed by atoms with E-state index in [0.29, 0.717) is 12.6 Å². The lowest BCUT2D eigenvalue weighted by Crippen LogP contribution is -2.21. The number of para-hydroxylation sites is 1. The summed E-state index contributed by atoms with van der Waals surface area (Å²) in [6, 6.07) is 10.6. The number of hydrogen-bond acceptors (Lipinski definition) is 4. The first-order valence-electron chi connectivity index (χ1n) is 7.17. The average Bonchev–Trinajstić information content (AvgIpc) is 2.83. The molecule has 4 heteroatoms. The van der Waals surface area contributed by atoms with Gasteiger partial charge in [0.05, 0.1) is 0 Å². The first kappa shape index (κ1) is 16.0. The first-order chi connectivity index (χ1) is 10.1. The Bertz CT molecular complexity index is 578. The van der Waals surface area contributed by atoms with E-state index in [0.717, 1.165) is 28.7 Å². The summed E-state index contributed by atoms with van der Waals surface area (Å²) in [7, 11) is 0. The Morgan fingerprint density at radius 2 is 2.05 bits per heavy atom. The van der Waals surface area contributed by atoms with Gasteiger partial charge in [-0.3, -0.25) is 0 Å². The second-order valence-electron chi connectivity index (χ2n) is 5.27. The summed E-state index contributed by atoms with van der Waals surface area (Å²) >= 11 is 1.68. The number of hydrogen-bond donors (Lipinski definition) is 1. The van der Waals surface area contributed by atoms with E-state index in [9.17, 15) is 0 Å². The molecule has 0 saturated carbocycles. The molecule has 0 aliphatic heterocycles. The van der Waals surface area contributed by atoms with Crippen molar-refractivity contribution >= 4 is 11.8 Å². The van der Waals surface area contributed by atoms with Gasteiger partial charge in [0.2, 0.25) is 0 Å². The van der Waals surface area contributed by atoms with Crippen LogP contribution in [-0.4, -0.2) is 12.3 Å². The highest BCUT2D eigenvalue weighted by Crippen LogP contribution is 2.28. The van der Waals surface area contributed by atoms with Crippen molar-refractivity contribution in [1.29, 1.82) is 0 Å². The third-order valence-electron chi connectivity index (χ3n) is 3.21. The lowest BCUT2D eigenvalue weighted by atomic mass is 10.2. The van der Waals surface area contributed by atoms with Crippen LogP contribution in [0, 0.1) is 6.92 Å². The van der Waals surface area contributed by atoms with Crippen LogP contribution in [0.1, 0.15) is 30.9 Å². The molecule has 2 rings (SSSR count). The van der Waals surface area contributed by atoms with Gasteiger partial charge in [-0.15, -0.1) is 11.8 Å². The van der Waals surface area contributed by atoms with Gasteiger partial charge in [0.25, 0.3) is 0 Å². The highest BCUT2D eigenvalue weighted by atomic mass is 32.2. The average molecular weight is 305 g/mol. The number of furan rings is 1. The van der Waals surface area contributed by atoms with Crippen molar-refractivity contribution in [3.63, 3.8) is 0 Å². The number of thioether (sulfide) groups is 1. The van der Waals surface area contributed by atoms with Crippen LogP contribution in [0.15, 0.2) is 39.6 Å². The summed E-state index contributed by atoms with van der Waals surface area (Å²) in [5.74, 6) is 2.73. The summed E-state index contributed by atoms with van der Waals surface area (Å²) in [5, 5.41) is 3.40. The zero-order valence-electron chi connectivity index (χ0n) is 13.1. The molecule has 0 radical (unpaired) electrons. The summed E-state index contributed by atoms with van der Waals surface area (Å²) in [6.07, 6.45) is 2.05. The highest BCUT2D eigenvalue weighted by molar-refractivity contribution is 7.98. The molecule has 0 amide bonds. The Labute approximate surface area is 131 Å². The van der Waals surface area contributed by atoms with Gasteiger partial charge in [0.1, 0.15) is 23.9 Å². The Kier molecular flexibility index (Phi) is 5.76. The van der Waals surface area contributed by atoms with Crippen LogP contribution in [0.3, 0.4) is 0 Å². The molecular formula is C17H23NO2S. The number of rotatable bonds is 7. The molecule has 1 heterocycles. The molecule has 0 aliphatic rings. The van der Waals surface area contributed by atoms with E-state index in [4.69, 9.17) is 9.15 Å². The van der Waals surface area contributed by atoms with Crippen LogP contribution in [0.5, 0.6) is 5.75 Å². The van der Waals surface area contributed by atoms with Gasteiger partial charge in [-0.2, -0.15) is 0 Å². The van der Waals surface area contributed by atoms with Gasteiger partial charge in [0.15, 0.2) is 0 Å². The van der Waals surface area contributed by atoms with E-state index in [1.54, 1.807) is 11.8 Å². The molecule has 2 aromatic rings. The fraction of sp³-hybridized carbons (Fsp3) is 0.412. The molecule has 0 spiro atoms. The molecule has 0 saturated heterocycles. The molecule has 0 bridgehead atoms. The Morgan fingerprint density at radius 3 is 2.76 bits per heavy atom. The molecule has 0 aliphatic carbocycles. The summed E-state index contributed by atoms with van der Waals surface area (Å²) in [6.45, 7) is 7.56. The van der Waals surface area contributed by atoms with E-state index in [-0.39, 0.29) is 0 Å². The van der Waals surface area contributed by atoms with Crippen molar-refractivity contribution < 1.29 is 9.15 Å². The molecule has 1 aromatic carbocycles. The largest absolute Gasteiger partial charge is 0.484 e. The minimum absolute atomic E-state index is 0.458. The fourth-order valence-electron chi connectivity index (χ4n) is 2.04. The van der Waals surface area contributed by atoms with Crippen molar-refractivity contribution in [1.82, 2.24) is 5.32 Å². The topological polar surface area (TPSA) is 34.4 Å². The Balaban J connectivity index is 1.99. The third kappa shape index (κ3) is 4.55. The minimum atomic E-state index is 0.458. The van der Waals surface area contributed by atoms with Gasteiger partial charge in [-0.25, -0.2) is 0 Å². The summed E-state index contributed by atoms with van der Waals surface area (Å²) < 4.78 is 11.6. The molecular weight excluding hydrogens is 282 g/mol. The van der Waals surface area contributed by atoms with Crippen molar-refractivity contribution in [3.8, 4) is 5.75 Å². The van der Waals surface area contributed by atoms with Crippen LogP contribution in [0.2, 0.25) is 0 Å². The van der Waals surface area contributed by atoms with Crippen LogP contribution >= 0.6 is 11.8 Å². The molecule has 1 aromatic heterocycles. The van der Waals surface area contributed by atoms with E-state index < -0.39 is 0 Å². The quantitative estimate of drug-likeness (QED) is 0.770. The monoisotopic (exact) mass is 305 g/mol. The van der Waals surface area contributed by atoms with Gasteiger partial charge in [-0.1, -0.05) is 26.0 Å². The van der Waals surface area contributed by atoms with Gasteiger partial charge in [0, 0.05) is 23.0 Å². The normalized spacial score (nSPS) is 11.1. The molecule has 1 N–H and O–H groups in total. The number of ether oxygens (including phenoxy) is 1. The van der Waals surface area contributed by atoms with E-state index in [1.165, 1.54) is 5.56 Å². The third-order valence-corrected chi connectivity index (χ3v) is 3.99. The minimum Gasteiger partial charge on any atom is -0.484 e. The summed E-state index contributed by atoms with van der Waals surface area (Å²) in [4.78, 5) is 1.14. The predicted molar refractivity (Wildman–Crippen MR) is 88.0 cm³/mol. The Morgan fingerprint density at radius 1 is 1.29 bits per heavy atom. The van der Waals surface area contributed by atoms with Crippen molar-refractivity contribution in [3.05, 3.63) is 47.4 Å². The smallest absolute Gasteiger partial charge is 0.146 e. The van der Waals surface area contributed by atoms with Gasteiger partial charge >= 0.3 is 0 Å². The molecule has 0 unspecified atom stereocenters. The van der Waals surface area contributed by atoms with Crippen molar-refractivity contribution in [2.45, 2.75) is 44.9 Å². The zero-order valence-corrected chi connectivity index (χ0v) is 13.9. The lowest BCUT2D eigenvalue weighted by molar-refractivity contribution is 0.262. The highest BCUT2D eigenvalue weighted by Gasteiger charge is 2.09. The van der Waals surface area contributed by atoms with Crippen LogP contribution in [0.4, 0.5) is 0 Å². The van der Waals surface area contributed by atoms with Crippen molar-refractivity contribution in [2.75, 3.05) is 6.26 Å². The van der Waals surface area contributed by atoms with Gasteiger partial charge < -0.3 is 14.5 Å². The molecule has 0 atom stereocenters. The van der Waals surface area contributed by atoms with E-state index in [1.807, 2.05) is 25.1 Å². The second-order valence-corrected chi connectivity index (χ2v) is 6.12. The maximum atomic E-state index is 5.87. The molecule has 3 nitrogen and oxygen atoms in total. The molecule has 114 valence electrons. The standard InChI is InChI=1S/C17H23NO2S/c1-12(2)18-10-14-9-15(20-13(14)3)11-19-16-7-5-6-8-17(16)21-4/h5-9,12,18H,10-11H2,1-4H3. The lowest BCUT2D eigenvalue weighted by Gasteiger charge is -2.08. The van der Waals surface area contributed by atoms with E-state index in [2.05, 4.69) is 37.6 Å². The Hall–Kier alpha value is -1.39. The van der Waals surface area contributed by atoms with Crippen LogP contribution < -0.4 is 10.1 Å². The predicted octanol–water partition coefficient (Wildman–Crippen LogP) is 4.39. The van der Waals surface area contributed by atoms with Crippen LogP contribution in [-0.2, 0) is 13.2 Å². The summed E-state index contributed by atoms with van der Waals surface area (Å²) in [5.41, 5.74) is 1.19. The zero-order chi connectivity index (χ0) is 15.2. The number of benzene rings is 1. The molecule has 21 heavy (non-hydrogen) atoms. The SMILES string of the molecule is CSc1ccccc1OCc1cc(CNC(C)C)c(C)o1. The maximum absolute atomic E-state index is 5.87. The number of aryl methyl sites for hydroxylation is 1. The first-order valence-corrected chi connectivity index (χ1v) is 8.40. The van der Waals surface area contributed by atoms with Crippen LogP contribution in [0.25, 0.3) is 0 Å². The van der Waals surface area contributed by atoms with Crippen molar-refractivity contribution in [2.24, 2.45) is 0 Å². The molecule has 0 fully saturated rings. The van der Waals surface area contributed by atoms with Gasteiger partial charge in [-0.05, 0) is 31.4 Å². The fourth-order valence-corrected chi connectivity index (χ4v) is 2.58.